The molecule has 2 aliphatic rings. The molecule has 2 aliphatic heterocycles. The second-order valence-electron chi connectivity index (χ2n) is 9.73. The highest BCUT2D eigenvalue weighted by Crippen LogP contribution is 2.67. The minimum Gasteiger partial charge on any atom is -0.351 e. The van der Waals surface area contributed by atoms with Gasteiger partial charge in [0.2, 0.25) is 5.78 Å². The highest BCUT2D eigenvalue weighted by Gasteiger charge is 2.65. The summed E-state index contributed by atoms with van der Waals surface area (Å²) in [5.74, 6) is 1.04. The van der Waals surface area contributed by atoms with E-state index in [2.05, 4.69) is 98.8 Å². The van der Waals surface area contributed by atoms with Crippen molar-refractivity contribution in [3.05, 3.63) is 53.1 Å². The van der Waals surface area contributed by atoms with Crippen molar-refractivity contribution in [3.63, 3.8) is 0 Å². The van der Waals surface area contributed by atoms with E-state index in [-0.39, 0.29) is 16.4 Å². The second kappa shape index (κ2) is 4.60. The van der Waals surface area contributed by atoms with E-state index in [0.29, 0.717) is 6.04 Å². The minimum absolute atomic E-state index is 0.0128. The molecule has 0 spiro atoms. The van der Waals surface area contributed by atoms with Gasteiger partial charge in [0.25, 0.3) is 0 Å². The van der Waals surface area contributed by atoms with E-state index in [0.717, 1.165) is 5.78 Å². The van der Waals surface area contributed by atoms with Gasteiger partial charge in [0.05, 0.1) is 23.0 Å². The largest absolute Gasteiger partial charge is 0.351 e. The predicted octanol–water partition coefficient (Wildman–Crippen LogP) is 5.10. The number of fused-ring (bicyclic) bond motifs is 7. The predicted molar refractivity (Wildman–Crippen MR) is 110 cm³/mol. The number of anilines is 1. The van der Waals surface area contributed by atoms with Crippen LogP contribution in [0.4, 0.5) is 5.69 Å². The smallest absolute Gasteiger partial charge is 0.214 e. The highest BCUT2D eigenvalue weighted by molar-refractivity contribution is 5.72. The van der Waals surface area contributed by atoms with E-state index in [1.54, 1.807) is 0 Å². The third kappa shape index (κ3) is 1.53. The zero-order chi connectivity index (χ0) is 19.5. The van der Waals surface area contributed by atoms with Crippen LogP contribution >= 0.6 is 0 Å². The lowest BCUT2D eigenvalue weighted by molar-refractivity contribution is 0.0619. The van der Waals surface area contributed by atoms with Crippen molar-refractivity contribution < 1.29 is 0 Å². The number of para-hydroxylation sites is 1. The molecule has 0 amide bonds. The second-order valence-corrected chi connectivity index (χ2v) is 9.73. The molecule has 0 bridgehead atoms. The molecule has 0 aliphatic carbocycles. The van der Waals surface area contributed by atoms with Crippen LogP contribution in [0.2, 0.25) is 0 Å². The number of imidazole rings is 2. The standard InChI is InChI=1S/C23H30N4/c1-14-10-9-11-16-17(14)27-15(2)18-19(26-13-12-24-20(26)25(18)8)23(27,7)22(5,6)21(16,3)4/h9-13,15H,1-8H3/t15-,23?/m0/s1. The summed E-state index contributed by atoms with van der Waals surface area (Å²) in [6.07, 6.45) is 4.05. The first-order valence-corrected chi connectivity index (χ1v) is 9.98. The van der Waals surface area contributed by atoms with Crippen LogP contribution in [0.5, 0.6) is 0 Å². The average molecular weight is 363 g/mol. The van der Waals surface area contributed by atoms with Crippen molar-refractivity contribution in [2.24, 2.45) is 12.5 Å². The van der Waals surface area contributed by atoms with Crippen molar-refractivity contribution >= 4 is 11.5 Å². The Kier molecular flexibility index (Phi) is 2.88. The van der Waals surface area contributed by atoms with Gasteiger partial charge in [0.1, 0.15) is 0 Å². The molecule has 1 unspecified atom stereocenters. The quantitative estimate of drug-likeness (QED) is 0.556. The zero-order valence-corrected chi connectivity index (χ0v) is 17.8. The van der Waals surface area contributed by atoms with Gasteiger partial charge in [-0.05, 0) is 37.3 Å². The van der Waals surface area contributed by atoms with Crippen LogP contribution in [0.25, 0.3) is 5.78 Å². The number of rotatable bonds is 0. The van der Waals surface area contributed by atoms with Crippen LogP contribution in [-0.2, 0) is 18.0 Å². The number of aryl methyl sites for hydroxylation is 2. The van der Waals surface area contributed by atoms with Gasteiger partial charge >= 0.3 is 0 Å². The van der Waals surface area contributed by atoms with E-state index in [9.17, 15) is 0 Å². The average Bonchev–Trinajstić information content (AvgIpc) is 3.22. The summed E-state index contributed by atoms with van der Waals surface area (Å²) in [5.41, 5.74) is 6.95. The van der Waals surface area contributed by atoms with E-state index >= 15 is 0 Å². The summed E-state index contributed by atoms with van der Waals surface area (Å²) >= 11 is 0. The van der Waals surface area contributed by atoms with Gasteiger partial charge in [0.15, 0.2) is 0 Å². The molecular formula is C23H30N4. The van der Waals surface area contributed by atoms with E-state index < -0.39 is 0 Å². The Balaban J connectivity index is 1.97. The van der Waals surface area contributed by atoms with E-state index in [4.69, 9.17) is 0 Å². The molecule has 1 aromatic carbocycles. The Labute approximate surface area is 161 Å². The molecule has 4 nitrogen and oxygen atoms in total. The molecule has 0 N–H and O–H groups in total. The number of hydrogen-bond donors (Lipinski definition) is 0. The number of benzene rings is 1. The van der Waals surface area contributed by atoms with Crippen molar-refractivity contribution in [2.75, 3.05) is 4.90 Å². The number of aromatic nitrogens is 3. The summed E-state index contributed by atoms with van der Waals surface area (Å²) in [4.78, 5) is 7.34. The van der Waals surface area contributed by atoms with Crippen LogP contribution in [0.15, 0.2) is 30.6 Å². The van der Waals surface area contributed by atoms with E-state index in [1.807, 2.05) is 6.20 Å². The van der Waals surface area contributed by atoms with Crippen LogP contribution < -0.4 is 4.90 Å². The maximum absolute atomic E-state index is 4.64. The van der Waals surface area contributed by atoms with Crippen LogP contribution in [0.1, 0.15) is 70.1 Å². The van der Waals surface area contributed by atoms with Crippen LogP contribution in [0, 0.1) is 12.3 Å². The third-order valence-electron chi connectivity index (χ3n) is 8.42. The summed E-state index contributed by atoms with van der Waals surface area (Å²) in [6.45, 7) is 16.8. The first-order chi connectivity index (χ1) is 12.6. The first-order valence-electron chi connectivity index (χ1n) is 9.98. The maximum atomic E-state index is 4.64. The molecule has 0 radical (unpaired) electrons. The SMILES string of the molecule is Cc1cccc2c1N1[C@@H](C)c3c(n4ccnc4n3C)C1(C)C(C)(C)C2(C)C. The van der Waals surface area contributed by atoms with Gasteiger partial charge in [0, 0.05) is 30.5 Å². The molecule has 2 aromatic heterocycles. The summed E-state index contributed by atoms with van der Waals surface area (Å²) in [6, 6.07) is 7.12. The molecule has 142 valence electrons. The minimum atomic E-state index is -0.134. The highest BCUT2D eigenvalue weighted by atomic mass is 15.4. The normalized spacial score (nSPS) is 27.6. The Morgan fingerprint density at radius 1 is 1.07 bits per heavy atom. The monoisotopic (exact) mass is 362 g/mol. The Bertz CT molecular complexity index is 1100. The topological polar surface area (TPSA) is 25.5 Å². The molecule has 0 saturated carbocycles. The van der Waals surface area contributed by atoms with Crippen molar-refractivity contribution in [1.29, 1.82) is 0 Å². The molecule has 3 aromatic rings. The number of hydrogen-bond acceptors (Lipinski definition) is 2. The molecule has 4 heteroatoms. The Morgan fingerprint density at radius 2 is 1.78 bits per heavy atom. The molecule has 27 heavy (non-hydrogen) atoms. The lowest BCUT2D eigenvalue weighted by Gasteiger charge is -2.62. The fourth-order valence-corrected chi connectivity index (χ4v) is 6.14. The maximum Gasteiger partial charge on any atom is 0.214 e. The van der Waals surface area contributed by atoms with Gasteiger partial charge < -0.3 is 9.47 Å². The summed E-state index contributed by atoms with van der Waals surface area (Å²) < 4.78 is 4.62. The molecule has 0 saturated heterocycles. The first kappa shape index (κ1) is 16.9. The van der Waals surface area contributed by atoms with Gasteiger partial charge in [-0.25, -0.2) is 4.98 Å². The van der Waals surface area contributed by atoms with Crippen molar-refractivity contribution in [3.8, 4) is 0 Å². The lowest BCUT2D eigenvalue weighted by atomic mass is 9.52. The van der Waals surface area contributed by atoms with Gasteiger partial charge in [-0.2, -0.15) is 0 Å². The number of nitrogens with zero attached hydrogens (tertiary/aromatic N) is 4. The van der Waals surface area contributed by atoms with Crippen molar-refractivity contribution in [1.82, 2.24) is 14.0 Å². The Morgan fingerprint density at radius 3 is 2.48 bits per heavy atom. The summed E-state index contributed by atoms with van der Waals surface area (Å²) in [7, 11) is 2.16. The van der Waals surface area contributed by atoms with Crippen molar-refractivity contribution in [2.45, 2.75) is 65.5 Å². The zero-order valence-electron chi connectivity index (χ0n) is 17.8. The lowest BCUT2D eigenvalue weighted by Crippen LogP contribution is -2.62. The Hall–Kier alpha value is -2.23. The van der Waals surface area contributed by atoms with Crippen LogP contribution in [-0.4, -0.2) is 14.0 Å². The molecular weight excluding hydrogens is 332 g/mol. The molecule has 2 atom stereocenters. The van der Waals surface area contributed by atoms with Crippen LogP contribution in [0.3, 0.4) is 0 Å². The fraction of sp³-hybridized carbons (Fsp3) is 0.522. The molecule has 0 fully saturated rings. The molecule has 5 rings (SSSR count). The fourth-order valence-electron chi connectivity index (χ4n) is 6.14. The van der Waals surface area contributed by atoms with Gasteiger partial charge in [-0.1, -0.05) is 45.9 Å². The van der Waals surface area contributed by atoms with E-state index in [1.165, 1.54) is 28.2 Å². The van der Waals surface area contributed by atoms with Gasteiger partial charge in [-0.15, -0.1) is 0 Å². The van der Waals surface area contributed by atoms with Gasteiger partial charge in [-0.3, -0.25) is 4.40 Å². The third-order valence-corrected chi connectivity index (χ3v) is 8.42. The summed E-state index contributed by atoms with van der Waals surface area (Å²) in [5, 5.41) is 0. The molecule has 4 heterocycles.